The fraction of sp³-hybridized carbons (Fsp3) is 0.417. The molecule has 21 heavy (non-hydrogen) atoms. The van der Waals surface area contributed by atoms with E-state index in [9.17, 15) is 14.4 Å². The summed E-state index contributed by atoms with van der Waals surface area (Å²) >= 11 is 0. The van der Waals surface area contributed by atoms with Gasteiger partial charge in [-0.1, -0.05) is 0 Å². The predicted molar refractivity (Wildman–Crippen MR) is 72.2 cm³/mol. The average Bonchev–Trinajstić information content (AvgIpc) is 2.35. The van der Waals surface area contributed by atoms with Crippen molar-refractivity contribution in [1.29, 1.82) is 0 Å². The fourth-order valence-corrected chi connectivity index (χ4v) is 1.19. The van der Waals surface area contributed by atoms with Crippen LogP contribution in [0.25, 0.3) is 0 Å². The summed E-state index contributed by atoms with van der Waals surface area (Å²) in [5.41, 5.74) is -0.703. The molecule has 0 saturated carbocycles. The smallest absolute Gasteiger partial charge is 0.416 e. The first-order chi connectivity index (χ1) is 9.60. The molecule has 0 radical (unpaired) electrons. The second kappa shape index (κ2) is 6.16. The number of hydrogen-bond donors (Lipinski definition) is 2. The van der Waals surface area contributed by atoms with Crippen LogP contribution in [0.2, 0.25) is 0 Å². The summed E-state index contributed by atoms with van der Waals surface area (Å²) in [6, 6.07) is 0. The van der Waals surface area contributed by atoms with Crippen LogP contribution >= 0.6 is 0 Å². The zero-order valence-corrected chi connectivity index (χ0v) is 12.1. The number of amides is 3. The van der Waals surface area contributed by atoms with Crippen LogP contribution in [-0.4, -0.2) is 45.8 Å². The predicted octanol–water partition coefficient (Wildman–Crippen LogP) is 1.26. The Balaban J connectivity index is 2.80. The van der Waals surface area contributed by atoms with Gasteiger partial charge >= 0.3 is 12.2 Å². The van der Waals surface area contributed by atoms with E-state index in [4.69, 9.17) is 9.84 Å². The number of hydrogen-bond acceptors (Lipinski definition) is 6. The molecular weight excluding hydrogens is 280 g/mol. The van der Waals surface area contributed by atoms with Gasteiger partial charge in [-0.15, -0.1) is 0 Å². The zero-order chi connectivity index (χ0) is 16.2. The van der Waals surface area contributed by atoms with Crippen LogP contribution in [0, 0.1) is 0 Å². The topological polar surface area (TPSA) is 122 Å². The second-order valence-corrected chi connectivity index (χ2v) is 5.07. The highest BCUT2D eigenvalue weighted by atomic mass is 16.6. The van der Waals surface area contributed by atoms with E-state index in [0.29, 0.717) is 0 Å². The van der Waals surface area contributed by atoms with Crippen molar-refractivity contribution >= 4 is 24.0 Å². The van der Waals surface area contributed by atoms with E-state index in [0.717, 1.165) is 17.3 Å². The minimum absolute atomic E-state index is 0.0242. The highest BCUT2D eigenvalue weighted by Crippen LogP contribution is 2.12. The maximum Gasteiger partial charge on any atom is 0.416 e. The van der Waals surface area contributed by atoms with Gasteiger partial charge in [-0.25, -0.2) is 24.5 Å². The number of carbonyl (C=O) groups is 3. The molecule has 1 heterocycles. The lowest BCUT2D eigenvalue weighted by Crippen LogP contribution is -2.35. The summed E-state index contributed by atoms with van der Waals surface area (Å²) in [7, 11) is 1.42. The van der Waals surface area contributed by atoms with Gasteiger partial charge in [0.15, 0.2) is 0 Å². The molecule has 0 aliphatic carbocycles. The normalized spacial score (nSPS) is 10.7. The lowest BCUT2D eigenvalue weighted by molar-refractivity contribution is 0.0587. The van der Waals surface area contributed by atoms with E-state index in [-0.39, 0.29) is 11.5 Å². The molecule has 0 bridgehead atoms. The lowest BCUT2D eigenvalue weighted by Gasteiger charge is -2.23. The van der Waals surface area contributed by atoms with E-state index in [1.54, 1.807) is 26.1 Å². The van der Waals surface area contributed by atoms with Crippen molar-refractivity contribution in [2.75, 3.05) is 11.9 Å². The number of carbonyl (C=O) groups excluding carboxylic acids is 2. The first kappa shape index (κ1) is 16.3. The maximum absolute atomic E-state index is 11.8. The van der Waals surface area contributed by atoms with Crippen LogP contribution < -0.4 is 10.2 Å². The van der Waals surface area contributed by atoms with Crippen molar-refractivity contribution < 1.29 is 24.2 Å². The summed E-state index contributed by atoms with van der Waals surface area (Å²) in [4.78, 5) is 42.2. The SMILES string of the molecule is CN(C(=O)OC(C)(C)C)c1ncc(C(=O)NC(=O)O)cn1. The van der Waals surface area contributed by atoms with Crippen molar-refractivity contribution in [3.05, 3.63) is 18.0 Å². The Labute approximate surface area is 120 Å². The number of rotatable bonds is 2. The monoisotopic (exact) mass is 296 g/mol. The van der Waals surface area contributed by atoms with Crippen molar-refractivity contribution in [3.8, 4) is 0 Å². The van der Waals surface area contributed by atoms with E-state index >= 15 is 0 Å². The molecule has 1 aromatic heterocycles. The Morgan fingerprint density at radius 2 is 1.76 bits per heavy atom. The van der Waals surface area contributed by atoms with Gasteiger partial charge in [-0.05, 0) is 20.8 Å². The van der Waals surface area contributed by atoms with E-state index in [1.807, 2.05) is 0 Å². The standard InChI is InChI=1S/C12H16N4O5/c1-12(2,3)21-11(20)16(4)9-13-5-7(6-14-9)8(17)15-10(18)19/h5-6H,1-4H3,(H,15,17)(H,18,19). The molecule has 1 rings (SSSR count). The number of carboxylic acid groups (broad SMARTS) is 1. The highest BCUT2D eigenvalue weighted by Gasteiger charge is 2.22. The molecule has 0 unspecified atom stereocenters. The van der Waals surface area contributed by atoms with Crippen molar-refractivity contribution in [2.24, 2.45) is 0 Å². The quantitative estimate of drug-likeness (QED) is 0.842. The Morgan fingerprint density at radius 3 is 2.19 bits per heavy atom. The van der Waals surface area contributed by atoms with E-state index in [2.05, 4.69) is 9.97 Å². The van der Waals surface area contributed by atoms with Gasteiger partial charge in [-0.2, -0.15) is 0 Å². The molecule has 0 aliphatic rings. The number of nitrogens with one attached hydrogen (secondary N) is 1. The van der Waals surface area contributed by atoms with Gasteiger partial charge < -0.3 is 9.84 Å². The molecule has 9 heteroatoms. The number of anilines is 1. The molecule has 0 aliphatic heterocycles. The van der Waals surface area contributed by atoms with Crippen LogP contribution in [0.4, 0.5) is 15.5 Å². The molecule has 0 fully saturated rings. The summed E-state index contributed by atoms with van der Waals surface area (Å²) in [6.07, 6.45) is 0.100. The highest BCUT2D eigenvalue weighted by molar-refractivity contribution is 6.02. The number of ether oxygens (including phenoxy) is 1. The van der Waals surface area contributed by atoms with Gasteiger partial charge in [0.2, 0.25) is 5.95 Å². The first-order valence-corrected chi connectivity index (χ1v) is 5.93. The first-order valence-electron chi connectivity index (χ1n) is 5.93. The van der Waals surface area contributed by atoms with Gasteiger partial charge in [0.05, 0.1) is 5.56 Å². The third-order valence-electron chi connectivity index (χ3n) is 2.09. The van der Waals surface area contributed by atoms with E-state index in [1.165, 1.54) is 7.05 Å². The van der Waals surface area contributed by atoms with Crippen LogP contribution in [-0.2, 0) is 4.74 Å². The number of aromatic nitrogens is 2. The van der Waals surface area contributed by atoms with Gasteiger partial charge in [0.25, 0.3) is 5.91 Å². The molecular formula is C12H16N4O5. The average molecular weight is 296 g/mol. The third-order valence-corrected chi connectivity index (χ3v) is 2.09. The largest absolute Gasteiger partial charge is 0.465 e. The van der Waals surface area contributed by atoms with Crippen molar-refractivity contribution in [2.45, 2.75) is 26.4 Å². The minimum atomic E-state index is -1.48. The Bertz CT molecular complexity index is 550. The summed E-state index contributed by atoms with van der Waals surface area (Å²) in [6.45, 7) is 5.16. The Hall–Kier alpha value is -2.71. The van der Waals surface area contributed by atoms with Crippen molar-refractivity contribution in [3.63, 3.8) is 0 Å². The molecule has 3 amide bonds. The number of imide groups is 1. The molecule has 0 aromatic carbocycles. The fourth-order valence-electron chi connectivity index (χ4n) is 1.19. The Kier molecular flexibility index (Phi) is 4.79. The second-order valence-electron chi connectivity index (χ2n) is 5.07. The van der Waals surface area contributed by atoms with Gasteiger partial charge in [-0.3, -0.25) is 10.1 Å². The molecule has 0 atom stereocenters. The molecule has 0 spiro atoms. The van der Waals surface area contributed by atoms with Gasteiger partial charge in [0.1, 0.15) is 5.60 Å². The van der Waals surface area contributed by atoms with Crippen molar-refractivity contribution in [1.82, 2.24) is 15.3 Å². The molecule has 0 saturated heterocycles. The zero-order valence-electron chi connectivity index (χ0n) is 12.1. The number of nitrogens with zero attached hydrogens (tertiary/aromatic N) is 3. The minimum Gasteiger partial charge on any atom is -0.465 e. The summed E-state index contributed by atoms with van der Waals surface area (Å²) in [5, 5.41) is 10.1. The van der Waals surface area contributed by atoms with Gasteiger partial charge in [0, 0.05) is 19.4 Å². The third kappa shape index (κ3) is 5.05. The molecule has 114 valence electrons. The molecule has 9 nitrogen and oxygen atoms in total. The molecule has 1 aromatic rings. The molecule has 2 N–H and O–H groups in total. The summed E-state index contributed by atoms with van der Waals surface area (Å²) < 4.78 is 5.13. The van der Waals surface area contributed by atoms with Crippen LogP contribution in [0.3, 0.4) is 0 Å². The van der Waals surface area contributed by atoms with Crippen LogP contribution in [0.5, 0.6) is 0 Å². The van der Waals surface area contributed by atoms with Crippen LogP contribution in [0.15, 0.2) is 12.4 Å². The van der Waals surface area contributed by atoms with Crippen LogP contribution in [0.1, 0.15) is 31.1 Å². The Morgan fingerprint density at radius 1 is 1.24 bits per heavy atom. The van der Waals surface area contributed by atoms with E-state index < -0.39 is 23.7 Å². The summed E-state index contributed by atoms with van der Waals surface area (Å²) in [5.74, 6) is -0.829. The lowest BCUT2D eigenvalue weighted by atomic mass is 10.2. The maximum atomic E-state index is 11.8.